The zero-order valence-electron chi connectivity index (χ0n) is 26.9. The van der Waals surface area contributed by atoms with Gasteiger partial charge in [0.2, 0.25) is 0 Å². The second-order valence-electron chi connectivity index (χ2n) is 12.4. The number of ether oxygens (including phenoxy) is 1. The van der Waals surface area contributed by atoms with E-state index < -0.39 is 0 Å². The van der Waals surface area contributed by atoms with Crippen LogP contribution < -0.4 is 4.74 Å². The smallest absolute Gasteiger partial charge is 0.164 e. The van der Waals surface area contributed by atoms with Gasteiger partial charge in [0.05, 0.1) is 11.0 Å². The van der Waals surface area contributed by atoms with Crippen molar-refractivity contribution in [3.63, 3.8) is 0 Å². The van der Waals surface area contributed by atoms with E-state index in [1.54, 1.807) is 0 Å². The van der Waals surface area contributed by atoms with Gasteiger partial charge in [0, 0.05) is 44.3 Å². The maximum absolute atomic E-state index is 6.98. The topological polar surface area (TPSA) is 52.8 Å². The van der Waals surface area contributed by atoms with Gasteiger partial charge in [0.25, 0.3) is 0 Å². The van der Waals surface area contributed by atoms with Crippen LogP contribution >= 0.6 is 0 Å². The Labute approximate surface area is 288 Å². The Morgan fingerprint density at radius 2 is 0.960 bits per heavy atom. The number of benzene rings is 7. The molecule has 0 radical (unpaired) electrons. The van der Waals surface area contributed by atoms with E-state index >= 15 is 0 Å². The highest BCUT2D eigenvalue weighted by molar-refractivity contribution is 6.14. The summed E-state index contributed by atoms with van der Waals surface area (Å²) in [6.45, 7) is 0. The summed E-state index contributed by atoms with van der Waals surface area (Å²) in [5.41, 5.74) is 10.3. The molecule has 0 unspecified atom stereocenters. The molecule has 1 aliphatic rings. The highest BCUT2D eigenvalue weighted by Crippen LogP contribution is 2.51. The second kappa shape index (κ2) is 11.4. The van der Waals surface area contributed by atoms with Crippen LogP contribution in [0, 0.1) is 0 Å². The molecule has 5 nitrogen and oxygen atoms in total. The van der Waals surface area contributed by atoms with Crippen molar-refractivity contribution in [3.8, 4) is 73.6 Å². The maximum Gasteiger partial charge on any atom is 0.164 e. The van der Waals surface area contributed by atoms with Crippen molar-refractivity contribution in [2.45, 2.75) is 0 Å². The molecule has 2 aromatic heterocycles. The van der Waals surface area contributed by atoms with Crippen LogP contribution in [0.1, 0.15) is 0 Å². The van der Waals surface area contributed by atoms with Crippen LogP contribution in [0.4, 0.5) is 0 Å². The van der Waals surface area contributed by atoms with Crippen molar-refractivity contribution >= 4 is 21.8 Å². The Kier molecular flexibility index (Phi) is 6.42. The summed E-state index contributed by atoms with van der Waals surface area (Å²) in [6, 6.07) is 58.5. The SMILES string of the molecule is c1ccc(-c2nc(-c3ccccc3)nc(-c3cccc(-n4c5ccccc5c5ccc6c(c54)Oc4ccccc4-c4ccccc4-6)c3)n2)cc1. The minimum atomic E-state index is 0.609. The molecule has 50 heavy (non-hydrogen) atoms. The molecule has 0 N–H and O–H groups in total. The average molecular weight is 641 g/mol. The molecule has 0 saturated heterocycles. The fraction of sp³-hybridized carbons (Fsp3) is 0. The zero-order chi connectivity index (χ0) is 33.0. The highest BCUT2D eigenvalue weighted by atomic mass is 16.5. The van der Waals surface area contributed by atoms with Gasteiger partial charge in [-0.3, -0.25) is 0 Å². The van der Waals surface area contributed by atoms with Crippen LogP contribution in [-0.2, 0) is 0 Å². The first kappa shape index (κ1) is 28.2. The van der Waals surface area contributed by atoms with Crippen LogP contribution in [0.25, 0.3) is 83.9 Å². The van der Waals surface area contributed by atoms with Crippen molar-refractivity contribution < 1.29 is 4.74 Å². The lowest BCUT2D eigenvalue weighted by atomic mass is 9.94. The maximum atomic E-state index is 6.98. The van der Waals surface area contributed by atoms with E-state index in [1.807, 2.05) is 66.7 Å². The molecule has 0 spiro atoms. The van der Waals surface area contributed by atoms with Crippen LogP contribution in [0.15, 0.2) is 170 Å². The van der Waals surface area contributed by atoms with Crippen LogP contribution in [0.3, 0.4) is 0 Å². The van der Waals surface area contributed by atoms with E-state index in [2.05, 4.69) is 108 Å². The van der Waals surface area contributed by atoms with Crippen LogP contribution in [-0.4, -0.2) is 19.5 Å². The third-order valence-corrected chi connectivity index (χ3v) is 9.46. The largest absolute Gasteiger partial charge is 0.454 e. The number of aromatic nitrogens is 4. The first-order valence-electron chi connectivity index (χ1n) is 16.7. The van der Waals surface area contributed by atoms with E-state index in [0.717, 1.165) is 77.9 Å². The summed E-state index contributed by atoms with van der Waals surface area (Å²) in [6.07, 6.45) is 0. The molecule has 0 fully saturated rings. The predicted molar refractivity (Wildman–Crippen MR) is 201 cm³/mol. The fourth-order valence-electron chi connectivity index (χ4n) is 7.17. The van der Waals surface area contributed by atoms with Gasteiger partial charge >= 0.3 is 0 Å². The normalized spacial score (nSPS) is 11.8. The van der Waals surface area contributed by atoms with E-state index in [9.17, 15) is 0 Å². The Balaban J connectivity index is 1.22. The first-order valence-corrected chi connectivity index (χ1v) is 16.7. The van der Waals surface area contributed by atoms with Crippen molar-refractivity contribution in [3.05, 3.63) is 170 Å². The second-order valence-corrected chi connectivity index (χ2v) is 12.4. The Morgan fingerprint density at radius 1 is 0.400 bits per heavy atom. The third kappa shape index (κ3) is 4.52. The summed E-state index contributed by atoms with van der Waals surface area (Å²) < 4.78 is 9.30. The molecule has 10 rings (SSSR count). The molecule has 0 atom stereocenters. The van der Waals surface area contributed by atoms with E-state index in [4.69, 9.17) is 19.7 Å². The number of fused-ring (bicyclic) bond motifs is 9. The zero-order valence-corrected chi connectivity index (χ0v) is 26.9. The van der Waals surface area contributed by atoms with Crippen molar-refractivity contribution in [1.29, 1.82) is 0 Å². The van der Waals surface area contributed by atoms with Gasteiger partial charge in [-0.25, -0.2) is 15.0 Å². The lowest BCUT2D eigenvalue weighted by Crippen LogP contribution is -2.01. The standard InChI is InChI=1S/C45H28N4O/c1-3-14-29(15-4-1)43-46-44(30-16-5-2-6-17-30)48-45(47-43)31-18-13-19-32(28-31)49-39-24-11-9-22-35(39)37-26-27-38-34-21-8-7-20-33(34)36-23-10-12-25-40(36)50-42(38)41(37)49/h1-28H. The highest BCUT2D eigenvalue weighted by Gasteiger charge is 2.26. The number of hydrogen-bond acceptors (Lipinski definition) is 4. The molecule has 9 aromatic rings. The number of hydrogen-bond donors (Lipinski definition) is 0. The molecule has 5 heteroatoms. The van der Waals surface area contributed by atoms with Gasteiger partial charge in [-0.05, 0) is 41.5 Å². The van der Waals surface area contributed by atoms with Gasteiger partial charge in [-0.2, -0.15) is 0 Å². The third-order valence-electron chi connectivity index (χ3n) is 9.46. The molecule has 234 valence electrons. The van der Waals surface area contributed by atoms with E-state index in [1.165, 1.54) is 0 Å². The minimum absolute atomic E-state index is 0.609. The van der Waals surface area contributed by atoms with E-state index in [0.29, 0.717) is 17.5 Å². The quantitative estimate of drug-likeness (QED) is 0.192. The van der Waals surface area contributed by atoms with Crippen molar-refractivity contribution in [2.24, 2.45) is 0 Å². The predicted octanol–water partition coefficient (Wildman–Crippen LogP) is 11.4. The molecule has 1 aliphatic heterocycles. The molecule has 0 bridgehead atoms. The van der Waals surface area contributed by atoms with Gasteiger partial charge in [0.15, 0.2) is 23.2 Å². The van der Waals surface area contributed by atoms with Crippen molar-refractivity contribution in [2.75, 3.05) is 0 Å². The molecular formula is C45H28N4O. The molecular weight excluding hydrogens is 613 g/mol. The summed E-state index contributed by atoms with van der Waals surface area (Å²) in [4.78, 5) is 14.9. The Hall–Kier alpha value is -6.85. The lowest BCUT2D eigenvalue weighted by molar-refractivity contribution is 0.491. The number of rotatable bonds is 4. The summed E-state index contributed by atoms with van der Waals surface area (Å²) in [5, 5.41) is 2.28. The Morgan fingerprint density at radius 3 is 1.68 bits per heavy atom. The van der Waals surface area contributed by atoms with Gasteiger partial charge in [-0.1, -0.05) is 140 Å². The average Bonchev–Trinajstić information content (AvgIpc) is 3.46. The van der Waals surface area contributed by atoms with Crippen LogP contribution in [0.2, 0.25) is 0 Å². The molecule has 0 amide bonds. The summed E-state index contributed by atoms with van der Waals surface area (Å²) >= 11 is 0. The number of para-hydroxylation sites is 2. The first-order chi connectivity index (χ1) is 24.8. The van der Waals surface area contributed by atoms with E-state index in [-0.39, 0.29) is 0 Å². The molecule has 7 aromatic carbocycles. The fourth-order valence-corrected chi connectivity index (χ4v) is 7.17. The van der Waals surface area contributed by atoms with Crippen LogP contribution in [0.5, 0.6) is 11.5 Å². The van der Waals surface area contributed by atoms with Gasteiger partial charge in [0.1, 0.15) is 5.75 Å². The monoisotopic (exact) mass is 640 g/mol. The molecule has 3 heterocycles. The molecule has 0 saturated carbocycles. The van der Waals surface area contributed by atoms with Crippen molar-refractivity contribution in [1.82, 2.24) is 19.5 Å². The lowest BCUT2D eigenvalue weighted by Gasteiger charge is -2.15. The summed E-state index contributed by atoms with van der Waals surface area (Å²) in [5.74, 6) is 3.54. The number of nitrogens with zero attached hydrogens (tertiary/aromatic N) is 4. The van der Waals surface area contributed by atoms with Gasteiger partial charge < -0.3 is 9.30 Å². The van der Waals surface area contributed by atoms with Gasteiger partial charge in [-0.15, -0.1) is 0 Å². The molecule has 0 aliphatic carbocycles. The summed E-state index contributed by atoms with van der Waals surface area (Å²) in [7, 11) is 0. The minimum Gasteiger partial charge on any atom is -0.454 e. The Bertz CT molecular complexity index is 2680.